The molecule has 0 heterocycles. The van der Waals surface area contributed by atoms with Crippen LogP contribution in [0.25, 0.3) is 0 Å². The second kappa shape index (κ2) is 12.2. The molecule has 0 aliphatic heterocycles. The number of nitrogens with one attached hydrogen (secondary N) is 1. The Hall–Kier alpha value is -3.85. The maximum absolute atomic E-state index is 13.5. The highest BCUT2D eigenvalue weighted by Gasteiger charge is 2.28. The summed E-state index contributed by atoms with van der Waals surface area (Å²) in [6, 6.07) is 18.8. The quantitative estimate of drug-likeness (QED) is 0.304. The molecule has 0 spiro atoms. The van der Waals surface area contributed by atoms with Gasteiger partial charge in [0.2, 0.25) is 0 Å². The van der Waals surface area contributed by atoms with Crippen LogP contribution < -0.4 is 19.2 Å². The molecule has 190 valence electrons. The molecule has 1 N–H and O–H groups in total. The van der Waals surface area contributed by atoms with Crippen molar-refractivity contribution < 1.29 is 22.7 Å². The van der Waals surface area contributed by atoms with E-state index < -0.39 is 22.5 Å². The van der Waals surface area contributed by atoms with Crippen LogP contribution in [0, 0.1) is 13.8 Å². The summed E-state index contributed by atoms with van der Waals surface area (Å²) in [6.45, 7) is 7.98. The SMILES string of the molecule is CCOc1ccc(/C=N\NC(=O)CN(c2ccccc2C)S(=O)(=O)c2ccc(C)cc2)cc1OCC. The number of sulfonamides is 1. The van der Waals surface area contributed by atoms with E-state index in [0.717, 1.165) is 15.4 Å². The van der Waals surface area contributed by atoms with Crippen molar-refractivity contribution in [1.29, 1.82) is 0 Å². The summed E-state index contributed by atoms with van der Waals surface area (Å²) < 4.78 is 39.3. The zero-order chi connectivity index (χ0) is 26.1. The Labute approximate surface area is 212 Å². The molecular weight excluding hydrogens is 478 g/mol. The van der Waals surface area contributed by atoms with E-state index in [-0.39, 0.29) is 4.90 Å². The van der Waals surface area contributed by atoms with Gasteiger partial charge in [0, 0.05) is 0 Å². The van der Waals surface area contributed by atoms with Gasteiger partial charge >= 0.3 is 0 Å². The topological polar surface area (TPSA) is 97.3 Å². The number of benzene rings is 3. The van der Waals surface area contributed by atoms with Gasteiger partial charge < -0.3 is 9.47 Å². The maximum atomic E-state index is 13.5. The summed E-state index contributed by atoms with van der Waals surface area (Å²) in [7, 11) is -4.00. The number of carbonyl (C=O) groups is 1. The molecule has 0 unspecified atom stereocenters. The second-order valence-corrected chi connectivity index (χ2v) is 9.84. The number of ether oxygens (including phenoxy) is 2. The normalized spacial score (nSPS) is 11.3. The minimum Gasteiger partial charge on any atom is -0.490 e. The van der Waals surface area contributed by atoms with Gasteiger partial charge in [0.1, 0.15) is 6.54 Å². The monoisotopic (exact) mass is 509 g/mol. The Morgan fingerprint density at radius 2 is 1.61 bits per heavy atom. The molecule has 1 amide bonds. The average Bonchev–Trinajstić information content (AvgIpc) is 2.85. The van der Waals surface area contributed by atoms with E-state index in [1.54, 1.807) is 55.5 Å². The van der Waals surface area contributed by atoms with Gasteiger partial charge in [-0.1, -0.05) is 35.9 Å². The van der Waals surface area contributed by atoms with Crippen LogP contribution in [-0.4, -0.2) is 40.3 Å². The van der Waals surface area contributed by atoms with Crippen LogP contribution in [0.3, 0.4) is 0 Å². The molecule has 0 fully saturated rings. The molecule has 3 rings (SSSR count). The molecule has 0 aromatic heterocycles. The van der Waals surface area contributed by atoms with Gasteiger partial charge in [-0.05, 0) is 75.2 Å². The van der Waals surface area contributed by atoms with E-state index in [1.807, 2.05) is 26.8 Å². The fourth-order valence-corrected chi connectivity index (χ4v) is 4.96. The lowest BCUT2D eigenvalue weighted by Gasteiger charge is -2.25. The van der Waals surface area contributed by atoms with E-state index in [0.29, 0.717) is 36.0 Å². The van der Waals surface area contributed by atoms with Gasteiger partial charge in [-0.15, -0.1) is 0 Å². The number of aryl methyl sites for hydroxylation is 2. The van der Waals surface area contributed by atoms with Gasteiger partial charge in [0.05, 0.1) is 30.0 Å². The van der Waals surface area contributed by atoms with Crippen LogP contribution in [0.2, 0.25) is 0 Å². The number of nitrogens with zero attached hydrogens (tertiary/aromatic N) is 2. The Morgan fingerprint density at radius 3 is 2.28 bits per heavy atom. The van der Waals surface area contributed by atoms with Crippen LogP contribution in [0.4, 0.5) is 5.69 Å². The molecule has 0 radical (unpaired) electrons. The first-order chi connectivity index (χ1) is 17.3. The minimum atomic E-state index is -4.00. The van der Waals surface area contributed by atoms with Crippen molar-refractivity contribution in [1.82, 2.24) is 5.43 Å². The van der Waals surface area contributed by atoms with Gasteiger partial charge in [-0.25, -0.2) is 13.8 Å². The van der Waals surface area contributed by atoms with Crippen molar-refractivity contribution in [3.05, 3.63) is 83.4 Å². The molecule has 8 nitrogen and oxygen atoms in total. The van der Waals surface area contributed by atoms with E-state index in [1.165, 1.54) is 18.3 Å². The lowest BCUT2D eigenvalue weighted by molar-refractivity contribution is -0.119. The standard InChI is InChI=1S/C27H31N3O5S/c1-5-34-25-16-13-22(17-26(25)35-6-2)18-28-29-27(31)19-30(24-10-8-7-9-21(24)4)36(32,33)23-14-11-20(3)12-15-23/h7-18H,5-6,19H2,1-4H3,(H,29,31)/b28-18-. The van der Waals surface area contributed by atoms with E-state index in [2.05, 4.69) is 10.5 Å². The van der Waals surface area contributed by atoms with Crippen molar-refractivity contribution >= 4 is 27.8 Å². The predicted octanol–water partition coefficient (Wildman–Crippen LogP) is 4.45. The largest absolute Gasteiger partial charge is 0.490 e. The van der Waals surface area contributed by atoms with E-state index in [4.69, 9.17) is 9.47 Å². The van der Waals surface area contributed by atoms with Crippen LogP contribution >= 0.6 is 0 Å². The summed E-state index contributed by atoms with van der Waals surface area (Å²) in [6.07, 6.45) is 1.46. The lowest BCUT2D eigenvalue weighted by atomic mass is 10.2. The van der Waals surface area contributed by atoms with Gasteiger partial charge in [-0.2, -0.15) is 5.10 Å². The number of hydrazone groups is 1. The van der Waals surface area contributed by atoms with Crippen LogP contribution in [0.15, 0.2) is 76.7 Å². The van der Waals surface area contributed by atoms with Crippen molar-refractivity contribution in [2.45, 2.75) is 32.6 Å². The number of hydrogen-bond donors (Lipinski definition) is 1. The number of para-hydroxylation sites is 1. The van der Waals surface area contributed by atoms with Gasteiger partial charge in [0.15, 0.2) is 11.5 Å². The molecular formula is C27H31N3O5S. The zero-order valence-corrected chi connectivity index (χ0v) is 21.7. The molecule has 0 bridgehead atoms. The molecule has 3 aromatic carbocycles. The number of rotatable bonds is 11. The Bertz CT molecular complexity index is 1320. The maximum Gasteiger partial charge on any atom is 0.264 e. The highest BCUT2D eigenvalue weighted by Crippen LogP contribution is 2.28. The molecule has 0 saturated heterocycles. The Balaban J connectivity index is 1.81. The van der Waals surface area contributed by atoms with Crippen LogP contribution in [-0.2, 0) is 14.8 Å². The first kappa shape index (κ1) is 26.7. The van der Waals surface area contributed by atoms with Gasteiger partial charge in [0.25, 0.3) is 15.9 Å². The molecule has 0 atom stereocenters. The Morgan fingerprint density at radius 1 is 0.944 bits per heavy atom. The van der Waals surface area contributed by atoms with Crippen molar-refractivity contribution in [3.63, 3.8) is 0 Å². The summed E-state index contributed by atoms with van der Waals surface area (Å²) in [4.78, 5) is 12.9. The molecule has 3 aromatic rings. The van der Waals surface area contributed by atoms with E-state index >= 15 is 0 Å². The fraction of sp³-hybridized carbons (Fsp3) is 0.259. The second-order valence-electron chi connectivity index (χ2n) is 7.98. The number of amides is 1. The molecule has 0 aliphatic rings. The third kappa shape index (κ3) is 6.63. The third-order valence-electron chi connectivity index (χ3n) is 5.25. The molecule has 0 aliphatic carbocycles. The van der Waals surface area contributed by atoms with Crippen molar-refractivity contribution in [2.24, 2.45) is 5.10 Å². The molecule has 0 saturated carbocycles. The minimum absolute atomic E-state index is 0.102. The molecule has 9 heteroatoms. The van der Waals surface area contributed by atoms with E-state index in [9.17, 15) is 13.2 Å². The van der Waals surface area contributed by atoms with Crippen LogP contribution in [0.5, 0.6) is 11.5 Å². The zero-order valence-electron chi connectivity index (χ0n) is 20.9. The summed E-state index contributed by atoms with van der Waals surface area (Å²) >= 11 is 0. The number of carbonyl (C=O) groups excluding carboxylic acids is 1. The number of hydrogen-bond acceptors (Lipinski definition) is 6. The predicted molar refractivity (Wildman–Crippen MR) is 141 cm³/mol. The summed E-state index contributed by atoms with van der Waals surface area (Å²) in [5.74, 6) is 0.612. The molecule has 36 heavy (non-hydrogen) atoms. The highest BCUT2D eigenvalue weighted by molar-refractivity contribution is 7.92. The lowest BCUT2D eigenvalue weighted by Crippen LogP contribution is -2.40. The Kier molecular flexibility index (Phi) is 9.08. The summed E-state index contributed by atoms with van der Waals surface area (Å²) in [5.41, 5.74) is 5.19. The van der Waals surface area contributed by atoms with Gasteiger partial charge in [-0.3, -0.25) is 9.10 Å². The first-order valence-corrected chi connectivity index (χ1v) is 13.1. The smallest absolute Gasteiger partial charge is 0.264 e. The number of anilines is 1. The highest BCUT2D eigenvalue weighted by atomic mass is 32.2. The third-order valence-corrected chi connectivity index (χ3v) is 7.02. The van der Waals surface area contributed by atoms with Crippen molar-refractivity contribution in [3.8, 4) is 11.5 Å². The first-order valence-electron chi connectivity index (χ1n) is 11.6. The fourth-order valence-electron chi connectivity index (χ4n) is 3.47. The summed E-state index contributed by atoms with van der Waals surface area (Å²) in [5, 5.41) is 4.01. The van der Waals surface area contributed by atoms with Crippen molar-refractivity contribution in [2.75, 3.05) is 24.1 Å². The average molecular weight is 510 g/mol. The van der Waals surface area contributed by atoms with Crippen LogP contribution in [0.1, 0.15) is 30.5 Å².